The summed E-state index contributed by atoms with van der Waals surface area (Å²) in [6.07, 6.45) is 3.52. The van der Waals surface area contributed by atoms with Crippen molar-refractivity contribution in [2.75, 3.05) is 19.6 Å². The van der Waals surface area contributed by atoms with E-state index in [0.717, 1.165) is 32.5 Å². The van der Waals surface area contributed by atoms with E-state index in [1.807, 2.05) is 0 Å². The molecule has 1 unspecified atom stereocenters. The maximum atomic E-state index is 11.6. The zero-order valence-corrected chi connectivity index (χ0v) is 9.52. The Morgan fingerprint density at radius 2 is 2.56 bits per heavy atom. The highest BCUT2D eigenvalue weighted by Gasteiger charge is 2.23. The first-order valence-electron chi connectivity index (χ1n) is 5.76. The number of nitrogens with zero attached hydrogens (tertiary/aromatic N) is 1. The van der Waals surface area contributed by atoms with E-state index in [9.17, 15) is 4.79 Å². The van der Waals surface area contributed by atoms with Crippen molar-refractivity contribution in [3.63, 3.8) is 0 Å². The zero-order valence-electron chi connectivity index (χ0n) is 9.52. The number of furan rings is 1. The summed E-state index contributed by atoms with van der Waals surface area (Å²) in [4.78, 5) is 13.9. The Bertz CT molecular complexity index is 334. The average Bonchev–Trinajstić information content (AvgIpc) is 2.83. The summed E-state index contributed by atoms with van der Waals surface area (Å²) in [5.41, 5.74) is 0. The van der Waals surface area contributed by atoms with Crippen molar-refractivity contribution in [1.29, 1.82) is 0 Å². The smallest absolute Gasteiger partial charge is 0.374 e. The molecule has 88 valence electrons. The zero-order chi connectivity index (χ0) is 11.4. The second-order valence-corrected chi connectivity index (χ2v) is 4.04. The molecular weight excluding hydrogens is 206 g/mol. The van der Waals surface area contributed by atoms with Crippen molar-refractivity contribution in [2.24, 2.45) is 0 Å². The standard InChI is InChI=1S/C12H17NO3/c1-2-13-7-3-5-10(9-13)16-12(14)11-6-4-8-15-11/h4,6,8,10H,2-3,5,7,9H2,1H3. The lowest BCUT2D eigenvalue weighted by molar-refractivity contribution is 0.00479. The van der Waals surface area contributed by atoms with Gasteiger partial charge in [-0.15, -0.1) is 0 Å². The lowest BCUT2D eigenvalue weighted by atomic mass is 10.1. The monoisotopic (exact) mass is 223 g/mol. The molecule has 1 fully saturated rings. The summed E-state index contributed by atoms with van der Waals surface area (Å²) in [5, 5.41) is 0. The van der Waals surface area contributed by atoms with Crippen molar-refractivity contribution in [2.45, 2.75) is 25.9 Å². The number of hydrogen-bond acceptors (Lipinski definition) is 4. The molecule has 2 rings (SSSR count). The molecule has 4 heteroatoms. The van der Waals surface area contributed by atoms with Gasteiger partial charge < -0.3 is 9.15 Å². The normalized spacial score (nSPS) is 21.9. The van der Waals surface area contributed by atoms with Gasteiger partial charge in [0.25, 0.3) is 0 Å². The minimum absolute atomic E-state index is 0.00583. The van der Waals surface area contributed by atoms with Crippen LogP contribution in [0, 0.1) is 0 Å². The molecule has 0 radical (unpaired) electrons. The lowest BCUT2D eigenvalue weighted by Gasteiger charge is -2.31. The van der Waals surface area contributed by atoms with Crippen LogP contribution in [0.2, 0.25) is 0 Å². The second-order valence-electron chi connectivity index (χ2n) is 4.04. The van der Waals surface area contributed by atoms with Gasteiger partial charge in [-0.25, -0.2) is 4.79 Å². The van der Waals surface area contributed by atoms with Crippen LogP contribution in [0.25, 0.3) is 0 Å². The summed E-state index contributed by atoms with van der Waals surface area (Å²) in [7, 11) is 0. The van der Waals surface area contributed by atoms with Crippen LogP contribution in [0.1, 0.15) is 30.3 Å². The molecule has 0 spiro atoms. The fraction of sp³-hybridized carbons (Fsp3) is 0.583. The van der Waals surface area contributed by atoms with Gasteiger partial charge in [0.2, 0.25) is 5.76 Å². The van der Waals surface area contributed by atoms with Gasteiger partial charge >= 0.3 is 5.97 Å². The summed E-state index contributed by atoms with van der Waals surface area (Å²) in [6, 6.07) is 3.32. The van der Waals surface area contributed by atoms with Gasteiger partial charge in [-0.3, -0.25) is 4.90 Å². The summed E-state index contributed by atoms with van der Waals surface area (Å²) < 4.78 is 10.4. The minimum Gasteiger partial charge on any atom is -0.457 e. The molecule has 1 atom stereocenters. The van der Waals surface area contributed by atoms with E-state index in [2.05, 4.69) is 11.8 Å². The van der Waals surface area contributed by atoms with Gasteiger partial charge in [0, 0.05) is 6.54 Å². The van der Waals surface area contributed by atoms with Gasteiger partial charge in [-0.1, -0.05) is 6.92 Å². The van der Waals surface area contributed by atoms with Crippen molar-refractivity contribution >= 4 is 5.97 Å². The third-order valence-corrected chi connectivity index (χ3v) is 2.91. The topological polar surface area (TPSA) is 42.7 Å². The van der Waals surface area contributed by atoms with E-state index in [1.165, 1.54) is 6.26 Å². The number of likely N-dealkylation sites (tertiary alicyclic amines) is 1. The highest BCUT2D eigenvalue weighted by molar-refractivity contribution is 5.86. The van der Waals surface area contributed by atoms with Crippen LogP contribution in [0.5, 0.6) is 0 Å². The number of ether oxygens (including phenoxy) is 1. The molecule has 16 heavy (non-hydrogen) atoms. The van der Waals surface area contributed by atoms with E-state index >= 15 is 0 Å². The van der Waals surface area contributed by atoms with E-state index in [1.54, 1.807) is 12.1 Å². The fourth-order valence-electron chi connectivity index (χ4n) is 2.00. The lowest BCUT2D eigenvalue weighted by Crippen LogP contribution is -2.40. The molecule has 0 aliphatic carbocycles. The number of carbonyl (C=O) groups is 1. The first-order valence-corrected chi connectivity index (χ1v) is 5.76. The quantitative estimate of drug-likeness (QED) is 0.734. The summed E-state index contributed by atoms with van der Waals surface area (Å²) >= 11 is 0. The SMILES string of the molecule is CCN1CCCC(OC(=O)c2ccco2)C1. The molecule has 0 amide bonds. The molecule has 2 heterocycles. The first-order chi connectivity index (χ1) is 7.79. The van der Waals surface area contributed by atoms with E-state index < -0.39 is 0 Å². The maximum absolute atomic E-state index is 11.6. The third-order valence-electron chi connectivity index (χ3n) is 2.91. The molecule has 0 N–H and O–H groups in total. The Balaban J connectivity index is 1.87. The second kappa shape index (κ2) is 5.16. The maximum Gasteiger partial charge on any atom is 0.374 e. The fourth-order valence-corrected chi connectivity index (χ4v) is 2.00. The Morgan fingerprint density at radius 1 is 1.69 bits per heavy atom. The van der Waals surface area contributed by atoms with Gasteiger partial charge in [-0.05, 0) is 38.1 Å². The number of piperidine rings is 1. The van der Waals surface area contributed by atoms with Crippen LogP contribution < -0.4 is 0 Å². The van der Waals surface area contributed by atoms with Crippen LogP contribution in [-0.4, -0.2) is 36.6 Å². The van der Waals surface area contributed by atoms with Crippen molar-refractivity contribution < 1.29 is 13.9 Å². The summed E-state index contributed by atoms with van der Waals surface area (Å²) in [6.45, 7) is 5.07. The van der Waals surface area contributed by atoms with E-state index in [4.69, 9.17) is 9.15 Å². The average molecular weight is 223 g/mol. The Kier molecular flexibility index (Phi) is 3.62. The number of likely N-dealkylation sites (N-methyl/N-ethyl adjacent to an activating group) is 1. The molecular formula is C12H17NO3. The molecule has 0 saturated carbocycles. The highest BCUT2D eigenvalue weighted by Crippen LogP contribution is 2.15. The number of hydrogen-bond donors (Lipinski definition) is 0. The van der Waals surface area contributed by atoms with Crippen molar-refractivity contribution in [3.05, 3.63) is 24.2 Å². The van der Waals surface area contributed by atoms with Gasteiger partial charge in [-0.2, -0.15) is 0 Å². The molecule has 1 aliphatic heterocycles. The predicted molar refractivity (Wildman–Crippen MR) is 59.3 cm³/mol. The van der Waals surface area contributed by atoms with Crippen LogP contribution >= 0.6 is 0 Å². The van der Waals surface area contributed by atoms with Gasteiger partial charge in [0.15, 0.2) is 0 Å². The molecule has 1 aromatic rings. The Labute approximate surface area is 95.2 Å². The first kappa shape index (κ1) is 11.2. The van der Waals surface area contributed by atoms with Crippen molar-refractivity contribution in [1.82, 2.24) is 4.90 Å². The van der Waals surface area contributed by atoms with Crippen molar-refractivity contribution in [3.8, 4) is 0 Å². The van der Waals surface area contributed by atoms with E-state index in [0.29, 0.717) is 0 Å². The predicted octanol–water partition coefficient (Wildman–Crippen LogP) is 1.92. The summed E-state index contributed by atoms with van der Waals surface area (Å²) in [5.74, 6) is -0.0680. The van der Waals surface area contributed by atoms with Gasteiger partial charge in [0.05, 0.1) is 6.26 Å². The molecule has 0 bridgehead atoms. The van der Waals surface area contributed by atoms with Crippen LogP contribution in [0.15, 0.2) is 22.8 Å². The molecule has 4 nitrogen and oxygen atoms in total. The minimum atomic E-state index is -0.354. The molecule has 1 saturated heterocycles. The number of rotatable bonds is 3. The largest absolute Gasteiger partial charge is 0.457 e. The van der Waals surface area contributed by atoms with E-state index in [-0.39, 0.29) is 17.8 Å². The highest BCUT2D eigenvalue weighted by atomic mass is 16.6. The molecule has 0 aromatic carbocycles. The van der Waals surface area contributed by atoms with Gasteiger partial charge in [0.1, 0.15) is 6.10 Å². The van der Waals surface area contributed by atoms with Crippen LogP contribution in [0.4, 0.5) is 0 Å². The van der Waals surface area contributed by atoms with Crippen LogP contribution in [-0.2, 0) is 4.74 Å². The Hall–Kier alpha value is -1.29. The number of carbonyl (C=O) groups excluding carboxylic acids is 1. The Morgan fingerprint density at radius 3 is 3.25 bits per heavy atom. The van der Waals surface area contributed by atoms with Crippen LogP contribution in [0.3, 0.4) is 0 Å². The number of esters is 1. The molecule has 1 aromatic heterocycles. The molecule has 1 aliphatic rings. The third kappa shape index (κ3) is 2.64.